The Labute approximate surface area is 133 Å². The van der Waals surface area contributed by atoms with Crippen LogP contribution in [0, 0.1) is 5.82 Å². The van der Waals surface area contributed by atoms with Crippen molar-refractivity contribution in [2.24, 2.45) is 0 Å². The Kier molecular flexibility index (Phi) is 4.61. The van der Waals surface area contributed by atoms with E-state index in [1.807, 2.05) is 19.1 Å². The van der Waals surface area contributed by atoms with Crippen LogP contribution in [0.4, 0.5) is 4.39 Å². The van der Waals surface area contributed by atoms with E-state index < -0.39 is 6.04 Å². The molecule has 1 saturated heterocycles. The molecule has 0 spiro atoms. The van der Waals surface area contributed by atoms with Crippen LogP contribution < -0.4 is 21.7 Å². The summed E-state index contributed by atoms with van der Waals surface area (Å²) in [4.78, 5) is 16.5. The van der Waals surface area contributed by atoms with Crippen molar-refractivity contribution in [2.75, 3.05) is 0 Å². The van der Waals surface area contributed by atoms with Crippen LogP contribution in [-0.2, 0) is 4.79 Å². The first-order valence-corrected chi connectivity index (χ1v) is 7.37. The molecule has 3 atom stereocenters. The van der Waals surface area contributed by atoms with Crippen molar-refractivity contribution in [3.05, 3.63) is 65.7 Å². The van der Waals surface area contributed by atoms with Crippen LogP contribution in [0.15, 0.2) is 48.8 Å². The van der Waals surface area contributed by atoms with Crippen molar-refractivity contribution < 1.29 is 9.18 Å². The molecule has 0 radical (unpaired) electrons. The van der Waals surface area contributed by atoms with E-state index >= 15 is 0 Å². The number of nitrogens with one attached hydrogen (secondary N) is 4. The second kappa shape index (κ2) is 6.82. The van der Waals surface area contributed by atoms with Gasteiger partial charge in [-0.05, 0) is 42.3 Å². The van der Waals surface area contributed by atoms with Crippen LogP contribution in [0.25, 0.3) is 0 Å². The molecule has 0 aliphatic carbocycles. The zero-order chi connectivity index (χ0) is 16.2. The summed E-state index contributed by atoms with van der Waals surface area (Å²) in [6.45, 7) is 1.91. The van der Waals surface area contributed by atoms with Gasteiger partial charge >= 0.3 is 0 Å². The molecule has 0 bridgehead atoms. The molecule has 1 aliphatic rings. The predicted octanol–water partition coefficient (Wildman–Crippen LogP) is 1.12. The van der Waals surface area contributed by atoms with Crippen LogP contribution >= 0.6 is 0 Å². The van der Waals surface area contributed by atoms with E-state index in [-0.39, 0.29) is 23.8 Å². The maximum atomic E-state index is 13.1. The molecule has 1 aromatic carbocycles. The van der Waals surface area contributed by atoms with Crippen LogP contribution in [0.3, 0.4) is 0 Å². The number of amides is 1. The third-order valence-corrected chi connectivity index (χ3v) is 3.87. The lowest BCUT2D eigenvalue weighted by Crippen LogP contribution is -2.45. The van der Waals surface area contributed by atoms with Crippen molar-refractivity contribution in [1.82, 2.24) is 26.7 Å². The van der Waals surface area contributed by atoms with Gasteiger partial charge in [0.25, 0.3) is 0 Å². The zero-order valence-electron chi connectivity index (χ0n) is 12.6. The Bertz CT molecular complexity index is 664. The largest absolute Gasteiger partial charge is 0.348 e. The first-order chi connectivity index (χ1) is 11.1. The third kappa shape index (κ3) is 3.53. The summed E-state index contributed by atoms with van der Waals surface area (Å²) in [5, 5.41) is 2.97. The van der Waals surface area contributed by atoms with Crippen molar-refractivity contribution >= 4 is 5.91 Å². The summed E-state index contributed by atoms with van der Waals surface area (Å²) >= 11 is 0. The summed E-state index contributed by atoms with van der Waals surface area (Å²) in [6, 6.07) is 8.87. The topological polar surface area (TPSA) is 78.1 Å². The standard InChI is InChI=1S/C16H18FN5O/c1-10(11-6-8-18-9-7-11)19-16(23)15-14(20-22-21-15)12-2-4-13(17)5-3-12/h2-10,14-15,20-22H,1H3,(H,19,23). The lowest BCUT2D eigenvalue weighted by Gasteiger charge is -2.21. The molecule has 6 nitrogen and oxygen atoms in total. The van der Waals surface area contributed by atoms with Gasteiger partial charge in [-0.25, -0.2) is 15.2 Å². The number of hydrogen-bond donors (Lipinski definition) is 4. The normalized spacial score (nSPS) is 21.8. The number of carbonyl (C=O) groups is 1. The minimum Gasteiger partial charge on any atom is -0.348 e. The van der Waals surface area contributed by atoms with Gasteiger partial charge in [0.1, 0.15) is 11.9 Å². The molecule has 1 fully saturated rings. The maximum Gasteiger partial charge on any atom is 0.241 e. The van der Waals surface area contributed by atoms with E-state index in [9.17, 15) is 9.18 Å². The average molecular weight is 315 g/mol. The molecule has 4 N–H and O–H groups in total. The number of nitrogens with zero attached hydrogens (tertiary/aromatic N) is 1. The highest BCUT2D eigenvalue weighted by atomic mass is 19.1. The van der Waals surface area contributed by atoms with E-state index in [0.717, 1.165) is 11.1 Å². The van der Waals surface area contributed by atoms with Gasteiger partial charge < -0.3 is 5.32 Å². The first-order valence-electron chi connectivity index (χ1n) is 7.37. The van der Waals surface area contributed by atoms with Gasteiger partial charge in [-0.1, -0.05) is 12.1 Å². The second-order valence-electron chi connectivity index (χ2n) is 5.43. The van der Waals surface area contributed by atoms with E-state index in [1.165, 1.54) is 12.1 Å². The average Bonchev–Trinajstić information content (AvgIpc) is 3.06. The Morgan fingerprint density at radius 2 is 1.87 bits per heavy atom. The lowest BCUT2D eigenvalue weighted by molar-refractivity contribution is -0.123. The van der Waals surface area contributed by atoms with Gasteiger partial charge in [0.05, 0.1) is 12.1 Å². The maximum absolute atomic E-state index is 13.1. The molecule has 1 aromatic heterocycles. The fourth-order valence-electron chi connectivity index (χ4n) is 2.57. The lowest BCUT2D eigenvalue weighted by atomic mass is 9.99. The summed E-state index contributed by atoms with van der Waals surface area (Å²) in [5.41, 5.74) is 10.4. The highest BCUT2D eigenvalue weighted by molar-refractivity contribution is 5.83. The summed E-state index contributed by atoms with van der Waals surface area (Å²) < 4.78 is 13.1. The van der Waals surface area contributed by atoms with Crippen LogP contribution in [0.2, 0.25) is 0 Å². The monoisotopic (exact) mass is 315 g/mol. The number of aromatic nitrogens is 1. The SMILES string of the molecule is CC(NC(=O)C1NNNC1c1ccc(F)cc1)c1ccncc1. The van der Waals surface area contributed by atoms with Crippen LogP contribution in [-0.4, -0.2) is 16.9 Å². The molecule has 23 heavy (non-hydrogen) atoms. The molecule has 3 rings (SSSR count). The smallest absolute Gasteiger partial charge is 0.241 e. The van der Waals surface area contributed by atoms with Crippen LogP contribution in [0.1, 0.15) is 30.1 Å². The van der Waals surface area contributed by atoms with Gasteiger partial charge in [-0.2, -0.15) is 5.53 Å². The van der Waals surface area contributed by atoms with E-state index in [2.05, 4.69) is 26.7 Å². The number of carbonyl (C=O) groups excluding carboxylic acids is 1. The third-order valence-electron chi connectivity index (χ3n) is 3.87. The number of hydrogen-bond acceptors (Lipinski definition) is 5. The number of pyridine rings is 1. The quantitative estimate of drug-likeness (QED) is 0.680. The molecule has 2 aromatic rings. The van der Waals surface area contributed by atoms with Gasteiger partial charge in [0.2, 0.25) is 5.91 Å². The molecular formula is C16H18FN5O. The van der Waals surface area contributed by atoms with Gasteiger partial charge in [0.15, 0.2) is 0 Å². The van der Waals surface area contributed by atoms with Gasteiger partial charge in [-0.3, -0.25) is 9.78 Å². The number of hydrazine groups is 2. The van der Waals surface area contributed by atoms with Crippen molar-refractivity contribution in [3.63, 3.8) is 0 Å². The Morgan fingerprint density at radius 1 is 1.17 bits per heavy atom. The summed E-state index contributed by atoms with van der Waals surface area (Å²) in [6.07, 6.45) is 3.38. The van der Waals surface area contributed by atoms with Gasteiger partial charge in [-0.15, -0.1) is 0 Å². The zero-order valence-corrected chi connectivity index (χ0v) is 12.6. The first kappa shape index (κ1) is 15.5. The van der Waals surface area contributed by atoms with E-state index in [0.29, 0.717) is 0 Å². The molecule has 120 valence electrons. The van der Waals surface area contributed by atoms with Crippen molar-refractivity contribution in [2.45, 2.75) is 25.0 Å². The number of halogens is 1. The Morgan fingerprint density at radius 3 is 2.57 bits per heavy atom. The Hall–Kier alpha value is -2.35. The summed E-state index contributed by atoms with van der Waals surface area (Å²) in [7, 11) is 0. The Balaban J connectivity index is 1.69. The molecule has 3 unspecified atom stereocenters. The van der Waals surface area contributed by atoms with E-state index in [4.69, 9.17) is 0 Å². The van der Waals surface area contributed by atoms with Crippen molar-refractivity contribution in [1.29, 1.82) is 0 Å². The minimum absolute atomic E-state index is 0.137. The van der Waals surface area contributed by atoms with E-state index in [1.54, 1.807) is 24.5 Å². The van der Waals surface area contributed by atoms with Gasteiger partial charge in [0, 0.05) is 12.4 Å². The summed E-state index contributed by atoms with van der Waals surface area (Å²) in [5.74, 6) is -0.457. The number of benzene rings is 1. The number of rotatable bonds is 4. The highest BCUT2D eigenvalue weighted by Crippen LogP contribution is 2.20. The molecule has 7 heteroatoms. The highest BCUT2D eigenvalue weighted by Gasteiger charge is 2.34. The molecule has 0 saturated carbocycles. The fourth-order valence-corrected chi connectivity index (χ4v) is 2.57. The second-order valence-corrected chi connectivity index (χ2v) is 5.43. The molecule has 1 amide bonds. The molecule has 1 aliphatic heterocycles. The molecule has 2 heterocycles. The fraction of sp³-hybridized carbons (Fsp3) is 0.250. The minimum atomic E-state index is -0.509. The predicted molar refractivity (Wildman–Crippen MR) is 83.1 cm³/mol. The van der Waals surface area contributed by atoms with Crippen molar-refractivity contribution in [3.8, 4) is 0 Å². The van der Waals surface area contributed by atoms with Crippen LogP contribution in [0.5, 0.6) is 0 Å². The molecular weight excluding hydrogens is 297 g/mol.